The van der Waals surface area contributed by atoms with E-state index in [-0.39, 0.29) is 16.3 Å². The second-order valence-corrected chi connectivity index (χ2v) is 10.4. The summed E-state index contributed by atoms with van der Waals surface area (Å²) >= 11 is 5.68. The molecule has 11 heteroatoms. The summed E-state index contributed by atoms with van der Waals surface area (Å²) < 4.78 is 12.6. The number of hydrogen-bond acceptors (Lipinski definition) is 8. The Labute approximate surface area is 208 Å². The van der Waals surface area contributed by atoms with E-state index in [1.807, 2.05) is 45.0 Å². The molecule has 3 aromatic rings. The first-order valence-electron chi connectivity index (χ1n) is 11.0. The average Bonchev–Trinajstić information content (AvgIpc) is 3.15. The lowest BCUT2D eigenvalue weighted by Crippen LogP contribution is -2.46. The van der Waals surface area contributed by atoms with Crippen molar-refractivity contribution in [3.8, 4) is 5.75 Å². The Kier molecular flexibility index (Phi) is 7.39. The van der Waals surface area contributed by atoms with Crippen molar-refractivity contribution in [2.45, 2.75) is 65.2 Å². The number of nitro groups is 1. The SMILES string of the molecule is CC(C)(C)OC(=O)N[C@@H](Cc1ccc(OC(C)(C)C)cc1)C(=S)n1nnc2ccc([N+](=O)[O-])cc21. The number of nitrogens with one attached hydrogen (secondary N) is 1. The van der Waals surface area contributed by atoms with Gasteiger partial charge in [0.25, 0.3) is 5.69 Å². The van der Waals surface area contributed by atoms with Crippen molar-refractivity contribution in [1.82, 2.24) is 20.3 Å². The van der Waals surface area contributed by atoms with Crippen LogP contribution in [0.2, 0.25) is 0 Å². The van der Waals surface area contributed by atoms with Crippen LogP contribution in [-0.4, -0.2) is 48.2 Å². The number of ether oxygens (including phenoxy) is 2. The highest BCUT2D eigenvalue weighted by Gasteiger charge is 2.26. The number of aromatic nitrogens is 3. The molecule has 3 rings (SSSR count). The number of alkyl carbamates (subject to hydrolysis) is 1. The van der Waals surface area contributed by atoms with Gasteiger partial charge in [0.1, 0.15) is 33.0 Å². The second kappa shape index (κ2) is 9.95. The number of carbonyl (C=O) groups is 1. The average molecular weight is 500 g/mol. The van der Waals surface area contributed by atoms with E-state index in [0.29, 0.717) is 17.5 Å². The van der Waals surface area contributed by atoms with Crippen molar-refractivity contribution in [2.24, 2.45) is 0 Å². The highest BCUT2D eigenvalue weighted by molar-refractivity contribution is 7.80. The van der Waals surface area contributed by atoms with Gasteiger partial charge in [0, 0.05) is 12.1 Å². The fourth-order valence-electron chi connectivity index (χ4n) is 3.26. The molecule has 0 radical (unpaired) electrons. The molecule has 0 spiro atoms. The Balaban J connectivity index is 1.92. The molecule has 0 saturated carbocycles. The number of carbonyl (C=O) groups excluding carboxylic acids is 1. The van der Waals surface area contributed by atoms with Crippen LogP contribution in [0.15, 0.2) is 42.5 Å². The molecule has 0 saturated heterocycles. The summed E-state index contributed by atoms with van der Waals surface area (Å²) in [5.74, 6) is 0.718. The second-order valence-electron chi connectivity index (χ2n) is 10.0. The van der Waals surface area contributed by atoms with Crippen LogP contribution in [0.3, 0.4) is 0 Å². The molecule has 1 aromatic heterocycles. The molecule has 1 atom stereocenters. The maximum atomic E-state index is 12.6. The fourth-order valence-corrected chi connectivity index (χ4v) is 3.54. The maximum Gasteiger partial charge on any atom is 0.408 e. The number of amides is 1. The lowest BCUT2D eigenvalue weighted by molar-refractivity contribution is -0.384. The molecule has 186 valence electrons. The molecule has 1 N–H and O–H groups in total. The van der Waals surface area contributed by atoms with Gasteiger partial charge in [-0.05, 0) is 71.7 Å². The molecule has 0 aliphatic rings. The van der Waals surface area contributed by atoms with Crippen molar-refractivity contribution in [3.63, 3.8) is 0 Å². The van der Waals surface area contributed by atoms with Gasteiger partial charge in [-0.3, -0.25) is 10.1 Å². The van der Waals surface area contributed by atoms with E-state index in [0.717, 1.165) is 11.3 Å². The van der Waals surface area contributed by atoms with E-state index in [9.17, 15) is 14.9 Å². The van der Waals surface area contributed by atoms with E-state index in [4.69, 9.17) is 21.7 Å². The highest BCUT2D eigenvalue weighted by atomic mass is 32.1. The highest BCUT2D eigenvalue weighted by Crippen LogP contribution is 2.22. The Morgan fingerprint density at radius 2 is 1.77 bits per heavy atom. The maximum absolute atomic E-state index is 12.6. The summed E-state index contributed by atoms with van der Waals surface area (Å²) in [6.07, 6.45) is -0.322. The normalized spacial score (nSPS) is 12.7. The number of nitro benzene ring substituents is 1. The summed E-state index contributed by atoms with van der Waals surface area (Å²) in [5, 5.41) is 22.2. The van der Waals surface area contributed by atoms with Crippen LogP contribution in [0.1, 0.15) is 47.1 Å². The first kappa shape index (κ1) is 26.0. The predicted octanol–water partition coefficient (Wildman–Crippen LogP) is 4.83. The van der Waals surface area contributed by atoms with E-state index in [1.54, 1.807) is 20.8 Å². The van der Waals surface area contributed by atoms with Gasteiger partial charge in [-0.25, -0.2) is 9.48 Å². The molecule has 0 bridgehead atoms. The first-order chi connectivity index (χ1) is 16.2. The number of benzene rings is 2. The predicted molar refractivity (Wildman–Crippen MR) is 136 cm³/mol. The van der Waals surface area contributed by atoms with Gasteiger partial charge in [-0.1, -0.05) is 29.6 Å². The molecule has 1 amide bonds. The van der Waals surface area contributed by atoms with Crippen molar-refractivity contribution in [3.05, 3.63) is 58.1 Å². The van der Waals surface area contributed by atoms with Crippen molar-refractivity contribution < 1.29 is 19.2 Å². The third kappa shape index (κ3) is 7.19. The third-order valence-electron chi connectivity index (χ3n) is 4.62. The van der Waals surface area contributed by atoms with Crippen molar-refractivity contribution >= 4 is 40.0 Å². The van der Waals surface area contributed by atoms with Crippen LogP contribution in [0.25, 0.3) is 11.0 Å². The van der Waals surface area contributed by atoms with Gasteiger partial charge in [-0.15, -0.1) is 5.10 Å². The number of nitrogens with zero attached hydrogens (tertiary/aromatic N) is 4. The minimum absolute atomic E-state index is 0.116. The lowest BCUT2D eigenvalue weighted by Gasteiger charge is -2.24. The summed E-state index contributed by atoms with van der Waals surface area (Å²) in [5.41, 5.74) is 0.537. The summed E-state index contributed by atoms with van der Waals surface area (Å²) in [7, 11) is 0. The molecular weight excluding hydrogens is 470 g/mol. The topological polar surface area (TPSA) is 121 Å². The van der Waals surface area contributed by atoms with Gasteiger partial charge < -0.3 is 14.8 Å². The van der Waals surface area contributed by atoms with E-state index < -0.39 is 22.7 Å². The minimum atomic E-state index is -0.710. The Morgan fingerprint density at radius 3 is 2.34 bits per heavy atom. The van der Waals surface area contributed by atoms with Gasteiger partial charge in [-0.2, -0.15) is 0 Å². The Morgan fingerprint density at radius 1 is 1.11 bits per heavy atom. The fraction of sp³-hybridized carbons (Fsp3) is 0.417. The van der Waals surface area contributed by atoms with E-state index in [1.165, 1.54) is 22.9 Å². The third-order valence-corrected chi connectivity index (χ3v) is 5.08. The summed E-state index contributed by atoms with van der Waals surface area (Å²) in [4.78, 5) is 23.6. The van der Waals surface area contributed by atoms with Gasteiger partial charge >= 0.3 is 6.09 Å². The first-order valence-corrected chi connectivity index (χ1v) is 11.4. The molecule has 10 nitrogen and oxygen atoms in total. The summed E-state index contributed by atoms with van der Waals surface area (Å²) in [6, 6.07) is 11.0. The van der Waals surface area contributed by atoms with Crippen LogP contribution in [-0.2, 0) is 11.2 Å². The quantitative estimate of drug-likeness (QED) is 0.291. The van der Waals surface area contributed by atoms with Crippen molar-refractivity contribution in [1.29, 1.82) is 0 Å². The van der Waals surface area contributed by atoms with Gasteiger partial charge in [0.05, 0.1) is 11.0 Å². The Bertz CT molecular complexity index is 1240. The number of fused-ring (bicyclic) bond motifs is 1. The summed E-state index contributed by atoms with van der Waals surface area (Å²) in [6.45, 7) is 11.2. The number of non-ortho nitro benzene ring substituents is 1. The molecule has 0 unspecified atom stereocenters. The smallest absolute Gasteiger partial charge is 0.408 e. The molecule has 35 heavy (non-hydrogen) atoms. The molecule has 1 heterocycles. The van der Waals surface area contributed by atoms with Crippen LogP contribution in [0.4, 0.5) is 10.5 Å². The molecule has 0 aliphatic heterocycles. The monoisotopic (exact) mass is 499 g/mol. The number of rotatable bonds is 6. The van der Waals surface area contributed by atoms with Crippen molar-refractivity contribution in [2.75, 3.05) is 0 Å². The zero-order chi connectivity index (χ0) is 26.0. The Hall–Kier alpha value is -3.60. The van der Waals surface area contributed by atoms with Crippen LogP contribution in [0.5, 0.6) is 5.75 Å². The largest absolute Gasteiger partial charge is 0.488 e. The van der Waals surface area contributed by atoms with Crippen LogP contribution in [0, 0.1) is 10.1 Å². The van der Waals surface area contributed by atoms with E-state index >= 15 is 0 Å². The number of thiocarbonyl (C=S) groups is 1. The van der Waals surface area contributed by atoms with E-state index in [2.05, 4.69) is 15.6 Å². The molecule has 2 aromatic carbocycles. The molecular formula is C24H29N5O5S. The van der Waals surface area contributed by atoms with Crippen LogP contribution >= 0.6 is 12.2 Å². The zero-order valence-corrected chi connectivity index (χ0v) is 21.4. The minimum Gasteiger partial charge on any atom is -0.488 e. The van der Waals surface area contributed by atoms with Gasteiger partial charge in [0.2, 0.25) is 0 Å². The molecule has 0 fully saturated rings. The standard InChI is InChI=1S/C24H29N5O5S/c1-23(2,3)33-17-10-7-15(8-11-17)13-19(25-22(30)34-24(4,5)6)21(35)28-20-14-16(29(31)32)9-12-18(20)26-27-28/h7-12,14,19H,13H2,1-6H3,(H,25,30)/t19-/m0/s1. The lowest BCUT2D eigenvalue weighted by atomic mass is 10.1. The van der Waals surface area contributed by atoms with Gasteiger partial charge in [0.15, 0.2) is 0 Å². The van der Waals surface area contributed by atoms with Crippen LogP contribution < -0.4 is 10.1 Å². The number of hydrogen-bond donors (Lipinski definition) is 1. The zero-order valence-electron chi connectivity index (χ0n) is 20.6. The molecule has 0 aliphatic carbocycles.